The summed E-state index contributed by atoms with van der Waals surface area (Å²) in [6, 6.07) is 5.72. The molecule has 3 aliphatic rings. The zero-order chi connectivity index (χ0) is 22.7. The number of nitrogens with one attached hydrogen (secondary N) is 1. The number of urea groups is 1. The van der Waals surface area contributed by atoms with Gasteiger partial charge in [-0.25, -0.2) is 13.6 Å². The number of amides is 2. The molecule has 3 atom stereocenters. The number of hydrogen-bond donors (Lipinski definition) is 1. The van der Waals surface area contributed by atoms with E-state index in [1.807, 2.05) is 17.9 Å². The number of carbonyl (C=O) groups is 1. The van der Waals surface area contributed by atoms with E-state index >= 15 is 0 Å². The largest absolute Gasteiger partial charge is 0.338 e. The molecule has 0 spiro atoms. The van der Waals surface area contributed by atoms with Crippen molar-refractivity contribution < 1.29 is 13.6 Å². The van der Waals surface area contributed by atoms with Crippen LogP contribution in [0.1, 0.15) is 63.6 Å². The van der Waals surface area contributed by atoms with Crippen LogP contribution in [0.3, 0.4) is 0 Å². The summed E-state index contributed by atoms with van der Waals surface area (Å²) in [4.78, 5) is 14.5. The third kappa shape index (κ3) is 2.82. The van der Waals surface area contributed by atoms with Gasteiger partial charge in [0.2, 0.25) is 0 Å². The minimum Gasteiger partial charge on any atom is -0.338 e. The van der Waals surface area contributed by atoms with Crippen LogP contribution in [0.4, 0.5) is 13.6 Å². The van der Waals surface area contributed by atoms with Crippen LogP contribution < -0.4 is 5.32 Å². The highest BCUT2D eigenvalue weighted by molar-refractivity contribution is 5.74. The molecule has 32 heavy (non-hydrogen) atoms. The van der Waals surface area contributed by atoms with Crippen LogP contribution in [0.2, 0.25) is 0 Å². The molecule has 7 heteroatoms. The first-order chi connectivity index (χ1) is 15.3. The number of halogens is 2. The minimum atomic E-state index is -0.624. The molecular weight excluding hydrogens is 410 g/mol. The molecule has 1 aromatic carbocycles. The highest BCUT2D eigenvalue weighted by Gasteiger charge is 2.66. The van der Waals surface area contributed by atoms with Gasteiger partial charge >= 0.3 is 6.03 Å². The minimum absolute atomic E-state index is 0.00404. The van der Waals surface area contributed by atoms with Crippen LogP contribution >= 0.6 is 0 Å². The Hall–Kier alpha value is -2.57. The summed E-state index contributed by atoms with van der Waals surface area (Å²) in [5, 5.41) is 11.9. The lowest BCUT2D eigenvalue weighted by Crippen LogP contribution is -2.53. The number of carbonyl (C=O) groups excluding carboxylic acids is 1. The summed E-state index contributed by atoms with van der Waals surface area (Å²) >= 11 is 0. The molecule has 2 bridgehead atoms. The zero-order valence-corrected chi connectivity index (χ0v) is 18.9. The quantitative estimate of drug-likeness (QED) is 0.729. The number of aromatic nitrogens is 2. The normalized spacial score (nSPS) is 28.0. The van der Waals surface area contributed by atoms with Gasteiger partial charge in [0.1, 0.15) is 11.6 Å². The molecule has 1 saturated heterocycles. The molecule has 5 rings (SSSR count). The third-order valence-electron chi connectivity index (χ3n) is 8.42. The zero-order valence-electron chi connectivity index (χ0n) is 18.9. The van der Waals surface area contributed by atoms with Gasteiger partial charge in [-0.1, -0.05) is 19.9 Å². The van der Waals surface area contributed by atoms with Crippen molar-refractivity contribution in [1.82, 2.24) is 20.4 Å². The Labute approximate surface area is 187 Å². The van der Waals surface area contributed by atoms with Crippen LogP contribution in [0.5, 0.6) is 0 Å². The lowest BCUT2D eigenvalue weighted by molar-refractivity contribution is 0.0679. The van der Waals surface area contributed by atoms with Crippen molar-refractivity contribution in [3.8, 4) is 11.3 Å². The van der Waals surface area contributed by atoms with Crippen molar-refractivity contribution in [1.29, 1.82) is 0 Å². The topological polar surface area (TPSA) is 58.1 Å². The maximum absolute atomic E-state index is 14.4. The van der Waals surface area contributed by atoms with Gasteiger partial charge in [-0.2, -0.15) is 10.2 Å². The first-order valence-electron chi connectivity index (χ1n) is 11.7. The molecule has 5 nitrogen and oxygen atoms in total. The van der Waals surface area contributed by atoms with E-state index in [0.717, 1.165) is 43.5 Å². The molecule has 170 valence electrons. The van der Waals surface area contributed by atoms with Crippen LogP contribution in [0.15, 0.2) is 24.3 Å². The van der Waals surface area contributed by atoms with E-state index in [0.29, 0.717) is 13.1 Å². The van der Waals surface area contributed by atoms with Crippen LogP contribution in [-0.4, -0.2) is 40.8 Å². The number of nitrogens with zero attached hydrogens (tertiary/aromatic N) is 3. The van der Waals surface area contributed by atoms with Crippen molar-refractivity contribution in [2.75, 3.05) is 19.6 Å². The summed E-state index contributed by atoms with van der Waals surface area (Å²) in [5.74, 6) is -0.700. The lowest BCUT2D eigenvalue weighted by atomic mass is 9.59. The summed E-state index contributed by atoms with van der Waals surface area (Å²) < 4.78 is 28.8. The Morgan fingerprint density at radius 2 is 1.97 bits per heavy atom. The molecule has 2 fully saturated rings. The lowest BCUT2D eigenvalue weighted by Gasteiger charge is -2.48. The van der Waals surface area contributed by atoms with Crippen molar-refractivity contribution in [3.05, 3.63) is 47.2 Å². The summed E-state index contributed by atoms with van der Waals surface area (Å²) in [6.07, 6.45) is 4.03. The number of piperidine rings is 1. The predicted octanol–water partition coefficient (Wildman–Crippen LogP) is 5.02. The second-order valence-corrected chi connectivity index (χ2v) is 10.0. The van der Waals surface area contributed by atoms with E-state index in [2.05, 4.69) is 29.4 Å². The predicted molar refractivity (Wildman–Crippen MR) is 118 cm³/mol. The first-order valence-corrected chi connectivity index (χ1v) is 11.7. The monoisotopic (exact) mass is 440 g/mol. The smallest absolute Gasteiger partial charge is 0.317 e. The van der Waals surface area contributed by atoms with E-state index in [1.54, 1.807) is 0 Å². The van der Waals surface area contributed by atoms with Crippen molar-refractivity contribution >= 4 is 6.03 Å². The molecule has 2 aromatic rings. The fraction of sp³-hybridized carbons (Fsp3) is 0.560. The Morgan fingerprint density at radius 3 is 2.69 bits per heavy atom. The summed E-state index contributed by atoms with van der Waals surface area (Å²) in [6.45, 7) is 8.60. The van der Waals surface area contributed by atoms with Gasteiger partial charge in [0.15, 0.2) is 0 Å². The van der Waals surface area contributed by atoms with Crippen LogP contribution in [0, 0.1) is 23.0 Å². The molecule has 0 radical (unpaired) electrons. The Balaban J connectivity index is 1.56. The number of rotatable bonds is 3. The fourth-order valence-corrected chi connectivity index (χ4v) is 6.97. The maximum Gasteiger partial charge on any atom is 0.317 e. The molecule has 2 amide bonds. The van der Waals surface area contributed by atoms with E-state index in [-0.39, 0.29) is 40.0 Å². The van der Waals surface area contributed by atoms with Gasteiger partial charge in [0, 0.05) is 25.0 Å². The highest BCUT2D eigenvalue weighted by Crippen LogP contribution is 2.70. The van der Waals surface area contributed by atoms with Gasteiger partial charge in [0.25, 0.3) is 0 Å². The third-order valence-corrected chi connectivity index (χ3v) is 8.42. The average molecular weight is 441 g/mol. The van der Waals surface area contributed by atoms with Gasteiger partial charge in [-0.15, -0.1) is 0 Å². The van der Waals surface area contributed by atoms with Gasteiger partial charge in [-0.3, -0.25) is 0 Å². The van der Waals surface area contributed by atoms with Crippen LogP contribution in [-0.2, 0) is 5.41 Å². The standard InChI is InChI=1S/C25H30F2N4O/c1-4-28-23(32)31-12-6-7-15(14-31)25-11-10-17(24(25,2)3)16-13-20(29-30-22(16)25)21-18(26)8-5-9-19(21)27/h5,8-9,13,15,17H,4,6-7,10-12,14H2,1-3H3,(H,28,32)/t15-,17-,25?/m0/s1. The first kappa shape index (κ1) is 21.3. The Kier molecular flexibility index (Phi) is 4.98. The molecule has 1 unspecified atom stereocenters. The fourth-order valence-electron chi connectivity index (χ4n) is 6.97. The van der Waals surface area contributed by atoms with Gasteiger partial charge < -0.3 is 10.2 Å². The molecule has 1 aliphatic heterocycles. The van der Waals surface area contributed by atoms with Crippen molar-refractivity contribution in [2.24, 2.45) is 11.3 Å². The van der Waals surface area contributed by atoms with Gasteiger partial charge in [0.05, 0.1) is 17.0 Å². The highest BCUT2D eigenvalue weighted by atomic mass is 19.1. The second-order valence-electron chi connectivity index (χ2n) is 10.0. The van der Waals surface area contributed by atoms with E-state index < -0.39 is 11.6 Å². The van der Waals surface area contributed by atoms with Gasteiger partial charge in [-0.05, 0) is 73.6 Å². The molecular formula is C25H30F2N4O. The molecule has 1 saturated carbocycles. The van der Waals surface area contributed by atoms with E-state index in [9.17, 15) is 13.6 Å². The number of benzene rings is 1. The molecule has 2 aliphatic carbocycles. The maximum atomic E-state index is 14.4. The molecule has 1 N–H and O–H groups in total. The number of fused-ring (bicyclic) bond motifs is 5. The van der Waals surface area contributed by atoms with E-state index in [1.165, 1.54) is 18.2 Å². The number of hydrogen-bond acceptors (Lipinski definition) is 3. The average Bonchev–Trinajstić information content (AvgIpc) is 3.15. The Bertz CT molecular complexity index is 1050. The van der Waals surface area contributed by atoms with Crippen molar-refractivity contribution in [2.45, 2.75) is 57.8 Å². The molecule has 1 aromatic heterocycles. The molecule has 2 heterocycles. The van der Waals surface area contributed by atoms with Crippen LogP contribution in [0.25, 0.3) is 11.3 Å². The Morgan fingerprint density at radius 1 is 1.22 bits per heavy atom. The van der Waals surface area contributed by atoms with E-state index in [4.69, 9.17) is 0 Å². The second kappa shape index (κ2) is 7.49. The SMILES string of the molecule is CCNC(=O)N1CCC[C@H](C23CC[C@@H](c4cc(-c5c(F)cccc5F)nnc42)C3(C)C)C1. The summed E-state index contributed by atoms with van der Waals surface area (Å²) in [5.41, 5.74) is 1.94. The van der Waals surface area contributed by atoms with Crippen molar-refractivity contribution in [3.63, 3.8) is 0 Å². The number of likely N-dealkylation sites (tertiary alicyclic amines) is 1. The summed E-state index contributed by atoms with van der Waals surface area (Å²) in [7, 11) is 0.